The molecule has 0 atom stereocenters. The fraction of sp³-hybridized carbons (Fsp3) is 0.905. The molecular weight excluding hydrogens is 588 g/mol. The summed E-state index contributed by atoms with van der Waals surface area (Å²) in [5.41, 5.74) is 0. The van der Waals surface area contributed by atoms with Gasteiger partial charge < -0.3 is 18.9 Å². The van der Waals surface area contributed by atoms with Crippen molar-refractivity contribution in [3.8, 4) is 0 Å². The van der Waals surface area contributed by atoms with Crippen molar-refractivity contribution in [2.75, 3.05) is 13.1 Å². The number of alkyl halides is 2. The topological polar surface area (TPSA) is 76.7 Å². The molecule has 0 saturated carbocycles. The molecule has 6 nitrogen and oxygen atoms in total. The molecule has 0 heterocycles. The molecule has 0 radical (unpaired) electrons. The lowest BCUT2D eigenvalue weighted by atomic mass is 10.1. The van der Waals surface area contributed by atoms with Crippen molar-refractivity contribution in [1.82, 2.24) is 10.6 Å². The van der Waals surface area contributed by atoms with Crippen LogP contribution in [-0.2, 0) is 17.8 Å². The van der Waals surface area contributed by atoms with E-state index in [2.05, 4.69) is 81.8 Å². The molecule has 0 aromatic heterocycles. The summed E-state index contributed by atoms with van der Waals surface area (Å²) in [6, 6.07) is 1.97. The normalized spacial score (nSPS) is 13.8. The van der Waals surface area contributed by atoms with Gasteiger partial charge in [0.05, 0.1) is 4.32 Å². The predicted octanol–water partition coefficient (Wildman–Crippen LogP) is 5.88. The predicted molar refractivity (Wildman–Crippen MR) is 150 cm³/mol. The molecule has 0 aliphatic heterocycles. The molecule has 0 aliphatic carbocycles. The van der Waals surface area contributed by atoms with Crippen LogP contribution in [0.25, 0.3) is 0 Å². The minimum atomic E-state index is -2.26. The highest BCUT2D eigenvalue weighted by Gasteiger charge is 2.39. The molecular formula is C21H46Br2N2O4Si3. The fourth-order valence-corrected chi connectivity index (χ4v) is 18.0. The summed E-state index contributed by atoms with van der Waals surface area (Å²) in [4.78, 5) is 23.9. The number of carbonyl (C=O) groups is 2. The van der Waals surface area contributed by atoms with Crippen molar-refractivity contribution in [3.05, 3.63) is 0 Å². The molecule has 0 aliphatic rings. The molecule has 2 amide bonds. The smallest absolute Gasteiger partial charge is 0.311 e. The first-order valence-corrected chi connectivity index (χ1v) is 22.1. The van der Waals surface area contributed by atoms with Crippen molar-refractivity contribution < 1.29 is 17.8 Å². The molecule has 0 rings (SSSR count). The second-order valence-electron chi connectivity index (χ2n) is 11.3. The summed E-state index contributed by atoms with van der Waals surface area (Å²) in [6.45, 7) is 22.3. The monoisotopic (exact) mass is 632 g/mol. The summed E-state index contributed by atoms with van der Waals surface area (Å²) in [5, 5.41) is 5.99. The first kappa shape index (κ1) is 32.5. The standard InChI is InChI=1S/C21H46Br2N2O4Si3/c1-20(2,22)17-18(26)24-13-11-15-30(5,6)28-32(9,10)29-31(7,8)16-12-14-25-19(27)21(3,4)23/h11-17H2,1-10H3,(H,24,26)(H,25,27). The Morgan fingerprint density at radius 1 is 0.781 bits per heavy atom. The van der Waals surface area contributed by atoms with E-state index in [-0.39, 0.29) is 16.1 Å². The Morgan fingerprint density at radius 3 is 1.56 bits per heavy atom. The first-order valence-electron chi connectivity index (χ1n) is 11.5. The maximum absolute atomic E-state index is 12.0. The summed E-state index contributed by atoms with van der Waals surface area (Å²) < 4.78 is 12.5. The number of halogens is 2. The average molecular weight is 635 g/mol. The zero-order valence-electron chi connectivity index (χ0n) is 21.8. The maximum Gasteiger partial charge on any atom is 0.311 e. The first-order chi connectivity index (χ1) is 14.1. The molecule has 2 N–H and O–H groups in total. The lowest BCUT2D eigenvalue weighted by Gasteiger charge is -2.39. The highest BCUT2D eigenvalue weighted by molar-refractivity contribution is 9.10. The number of hydrogen-bond acceptors (Lipinski definition) is 4. The van der Waals surface area contributed by atoms with Gasteiger partial charge in [-0.25, -0.2) is 0 Å². The van der Waals surface area contributed by atoms with Crippen molar-refractivity contribution in [2.45, 2.75) is 107 Å². The molecule has 0 unspecified atom stereocenters. The molecule has 0 saturated heterocycles. The summed E-state index contributed by atoms with van der Waals surface area (Å²) in [6.07, 6.45) is 2.29. The SMILES string of the molecule is CC(C)(Br)CC(=O)NCCC[Si](C)(C)O[Si](C)(C)O[Si](C)(C)CCCNC(=O)C(C)(C)Br. The van der Waals surface area contributed by atoms with Gasteiger partial charge in [-0.3, -0.25) is 9.59 Å². The van der Waals surface area contributed by atoms with Gasteiger partial charge in [-0.2, -0.15) is 0 Å². The lowest BCUT2D eigenvalue weighted by molar-refractivity contribution is -0.122. The second kappa shape index (κ2) is 13.0. The van der Waals surface area contributed by atoms with Crippen molar-refractivity contribution in [2.24, 2.45) is 0 Å². The quantitative estimate of drug-likeness (QED) is 0.134. The Kier molecular flexibility index (Phi) is 13.2. The van der Waals surface area contributed by atoms with Gasteiger partial charge in [-0.1, -0.05) is 31.9 Å². The number of carbonyl (C=O) groups excluding carboxylic acids is 2. The molecule has 0 bridgehead atoms. The number of amides is 2. The van der Waals surface area contributed by atoms with Crippen molar-refractivity contribution >= 4 is 68.9 Å². The largest absolute Gasteiger partial charge is 0.437 e. The second-order valence-corrected chi connectivity index (χ2v) is 27.9. The Bertz CT molecular complexity index is 619. The van der Waals surface area contributed by atoms with Crippen LogP contribution in [0.2, 0.25) is 51.4 Å². The summed E-state index contributed by atoms with van der Waals surface area (Å²) in [7, 11) is -6.06. The maximum atomic E-state index is 12.0. The third kappa shape index (κ3) is 17.0. The molecule has 11 heteroatoms. The number of hydrogen-bond donors (Lipinski definition) is 2. The summed E-state index contributed by atoms with van der Waals surface area (Å²) in [5.74, 6) is 0.0877. The highest BCUT2D eigenvalue weighted by Crippen LogP contribution is 2.26. The number of nitrogens with one attached hydrogen (secondary N) is 2. The fourth-order valence-electron chi connectivity index (χ4n) is 3.57. The van der Waals surface area contributed by atoms with E-state index >= 15 is 0 Å². The number of rotatable bonds is 15. The van der Waals surface area contributed by atoms with E-state index in [0.717, 1.165) is 24.9 Å². The van der Waals surface area contributed by atoms with Crippen LogP contribution in [0.15, 0.2) is 0 Å². The zero-order chi connectivity index (χ0) is 25.4. The van der Waals surface area contributed by atoms with E-state index in [4.69, 9.17) is 8.23 Å². The van der Waals surface area contributed by atoms with Crippen LogP contribution in [0.3, 0.4) is 0 Å². The Labute approximate surface area is 216 Å². The molecule has 0 aromatic carbocycles. The van der Waals surface area contributed by atoms with Crippen LogP contribution >= 0.6 is 31.9 Å². The minimum Gasteiger partial charge on any atom is -0.437 e. The van der Waals surface area contributed by atoms with Crippen LogP contribution in [0.1, 0.15) is 47.0 Å². The highest BCUT2D eigenvalue weighted by atomic mass is 79.9. The van der Waals surface area contributed by atoms with Crippen LogP contribution in [0.4, 0.5) is 0 Å². The Hall–Kier alpha value is 0.471. The molecule has 190 valence electrons. The molecule has 0 fully saturated rings. The summed E-state index contributed by atoms with van der Waals surface area (Å²) >= 11 is 6.90. The van der Waals surface area contributed by atoms with Crippen molar-refractivity contribution in [1.29, 1.82) is 0 Å². The van der Waals surface area contributed by atoms with E-state index in [9.17, 15) is 9.59 Å². The molecule has 0 spiro atoms. The van der Waals surface area contributed by atoms with Gasteiger partial charge in [0, 0.05) is 23.8 Å². The van der Waals surface area contributed by atoms with E-state index in [1.54, 1.807) is 0 Å². The van der Waals surface area contributed by atoms with Gasteiger partial charge in [0.1, 0.15) is 0 Å². The van der Waals surface area contributed by atoms with E-state index in [1.165, 1.54) is 0 Å². The Balaban J connectivity index is 4.44. The van der Waals surface area contributed by atoms with E-state index in [1.807, 2.05) is 27.7 Å². The third-order valence-corrected chi connectivity index (χ3v) is 16.8. The van der Waals surface area contributed by atoms with Gasteiger partial charge in [0.15, 0.2) is 16.6 Å². The minimum absolute atomic E-state index is 0.00998. The van der Waals surface area contributed by atoms with Crippen LogP contribution in [0, 0.1) is 0 Å². The Morgan fingerprint density at radius 2 is 1.19 bits per heavy atom. The molecule has 32 heavy (non-hydrogen) atoms. The van der Waals surface area contributed by atoms with Gasteiger partial charge >= 0.3 is 8.56 Å². The van der Waals surface area contributed by atoms with Gasteiger partial charge in [-0.05, 0) is 91.9 Å². The van der Waals surface area contributed by atoms with Gasteiger partial charge in [-0.15, -0.1) is 0 Å². The van der Waals surface area contributed by atoms with Crippen LogP contribution in [-0.4, -0.2) is 58.7 Å². The molecule has 0 aromatic rings. The lowest BCUT2D eigenvalue weighted by Crippen LogP contribution is -2.52. The zero-order valence-corrected chi connectivity index (χ0v) is 28.0. The average Bonchev–Trinajstić information content (AvgIpc) is 2.50. The van der Waals surface area contributed by atoms with E-state index < -0.39 is 29.5 Å². The van der Waals surface area contributed by atoms with Gasteiger partial charge in [0.2, 0.25) is 11.8 Å². The van der Waals surface area contributed by atoms with Crippen LogP contribution in [0.5, 0.6) is 0 Å². The third-order valence-electron chi connectivity index (χ3n) is 4.68. The van der Waals surface area contributed by atoms with E-state index in [0.29, 0.717) is 19.5 Å². The van der Waals surface area contributed by atoms with Crippen molar-refractivity contribution in [3.63, 3.8) is 0 Å². The van der Waals surface area contributed by atoms with Gasteiger partial charge in [0.25, 0.3) is 0 Å². The van der Waals surface area contributed by atoms with Crippen LogP contribution < -0.4 is 10.6 Å².